The lowest BCUT2D eigenvalue weighted by molar-refractivity contribution is 0.0737. The van der Waals surface area contributed by atoms with Crippen molar-refractivity contribution in [2.75, 3.05) is 25.9 Å². The smallest absolute Gasteiger partial charge is 0.243 e. The molecule has 0 atom stereocenters. The number of hydrogen-bond acceptors (Lipinski definition) is 4. The molecule has 0 amide bonds. The summed E-state index contributed by atoms with van der Waals surface area (Å²) < 4.78 is 31.9. The molecule has 0 spiro atoms. The number of likely N-dealkylation sites (N-methyl/N-ethyl adjacent to an activating group) is 1. The third kappa shape index (κ3) is 3.71. The lowest BCUT2D eigenvalue weighted by atomic mass is 10.1. The average Bonchev–Trinajstić information content (AvgIpc) is 2.33. The van der Waals surface area contributed by atoms with E-state index in [1.54, 1.807) is 33.0 Å². The lowest BCUT2D eigenvalue weighted by Crippen LogP contribution is -2.32. The number of anilines is 1. The summed E-state index contributed by atoms with van der Waals surface area (Å²) in [5.41, 5.74) is 7.61. The Kier molecular flexibility index (Phi) is 5.56. The molecule has 6 heteroatoms. The molecule has 0 aliphatic rings. The van der Waals surface area contributed by atoms with Crippen molar-refractivity contribution in [2.24, 2.45) is 0 Å². The molecule has 0 fully saturated rings. The Morgan fingerprint density at radius 3 is 2.45 bits per heavy atom. The van der Waals surface area contributed by atoms with E-state index >= 15 is 0 Å². The highest BCUT2D eigenvalue weighted by Crippen LogP contribution is 2.26. The van der Waals surface area contributed by atoms with Crippen LogP contribution >= 0.6 is 0 Å². The number of ether oxygens (including phenoxy) is 1. The van der Waals surface area contributed by atoms with E-state index in [9.17, 15) is 8.42 Å². The van der Waals surface area contributed by atoms with Gasteiger partial charge in [0, 0.05) is 19.3 Å². The summed E-state index contributed by atoms with van der Waals surface area (Å²) in [5, 5.41) is 0. The number of nitrogen functional groups attached to an aromatic ring is 1. The van der Waals surface area contributed by atoms with Crippen LogP contribution in [-0.2, 0) is 14.8 Å². The van der Waals surface area contributed by atoms with Gasteiger partial charge in [-0.1, -0.05) is 6.07 Å². The van der Waals surface area contributed by atoms with Gasteiger partial charge in [-0.25, -0.2) is 8.42 Å². The molecule has 0 heterocycles. The normalized spacial score (nSPS) is 12.3. The third-order valence-electron chi connectivity index (χ3n) is 3.17. The summed E-state index contributed by atoms with van der Waals surface area (Å²) in [5.74, 6) is 0. The first-order valence-electron chi connectivity index (χ1n) is 6.61. The zero-order valence-electron chi connectivity index (χ0n) is 12.8. The van der Waals surface area contributed by atoms with E-state index < -0.39 is 10.0 Å². The second-order valence-corrected chi connectivity index (χ2v) is 7.15. The van der Waals surface area contributed by atoms with Crippen LogP contribution in [0.25, 0.3) is 0 Å². The van der Waals surface area contributed by atoms with Crippen molar-refractivity contribution in [3.8, 4) is 0 Å². The van der Waals surface area contributed by atoms with Crippen molar-refractivity contribution in [3.05, 3.63) is 23.3 Å². The van der Waals surface area contributed by atoms with Gasteiger partial charge in [0.05, 0.1) is 17.6 Å². The van der Waals surface area contributed by atoms with Crippen LogP contribution in [0, 0.1) is 13.8 Å². The Morgan fingerprint density at radius 2 is 1.90 bits per heavy atom. The van der Waals surface area contributed by atoms with Crippen molar-refractivity contribution in [2.45, 2.75) is 38.7 Å². The zero-order valence-corrected chi connectivity index (χ0v) is 13.6. The molecule has 0 unspecified atom stereocenters. The van der Waals surface area contributed by atoms with E-state index in [1.165, 1.54) is 4.31 Å². The molecule has 1 aromatic rings. The van der Waals surface area contributed by atoms with Crippen LogP contribution in [0.4, 0.5) is 5.69 Å². The molecule has 0 aromatic heterocycles. The number of benzene rings is 1. The van der Waals surface area contributed by atoms with Crippen LogP contribution in [0.3, 0.4) is 0 Å². The fraction of sp³-hybridized carbons (Fsp3) is 0.571. The van der Waals surface area contributed by atoms with E-state index in [-0.39, 0.29) is 6.10 Å². The summed E-state index contributed by atoms with van der Waals surface area (Å²) in [6.07, 6.45) is 0.0851. The Labute approximate surface area is 121 Å². The number of hydrogen-bond donors (Lipinski definition) is 1. The van der Waals surface area contributed by atoms with Crippen molar-refractivity contribution < 1.29 is 13.2 Å². The van der Waals surface area contributed by atoms with E-state index in [0.717, 1.165) is 0 Å². The SMILES string of the molecule is Cc1ccc(N)c(C)c1S(=O)(=O)N(C)CCOC(C)C. The number of sulfonamides is 1. The quantitative estimate of drug-likeness (QED) is 0.815. The Morgan fingerprint density at radius 1 is 1.30 bits per heavy atom. The standard InChI is InChI=1S/C14H24N2O3S/c1-10(2)19-9-8-16(5)20(17,18)14-11(3)6-7-13(15)12(14)4/h6-7,10H,8-9,15H2,1-5H3. The molecule has 20 heavy (non-hydrogen) atoms. The predicted octanol–water partition coefficient (Wildman–Crippen LogP) is 1.93. The maximum absolute atomic E-state index is 12.6. The summed E-state index contributed by atoms with van der Waals surface area (Å²) in [4.78, 5) is 0.296. The minimum Gasteiger partial charge on any atom is -0.398 e. The number of rotatable bonds is 6. The summed E-state index contributed by atoms with van der Waals surface area (Å²) >= 11 is 0. The Bertz CT molecular complexity index is 568. The van der Waals surface area contributed by atoms with E-state index in [1.807, 2.05) is 13.8 Å². The third-order valence-corrected chi connectivity index (χ3v) is 5.32. The Hall–Kier alpha value is -1.11. The van der Waals surface area contributed by atoms with Gasteiger partial charge in [-0.3, -0.25) is 0 Å². The lowest BCUT2D eigenvalue weighted by Gasteiger charge is -2.21. The molecule has 0 aliphatic heterocycles. The molecular weight excluding hydrogens is 276 g/mol. The van der Waals surface area contributed by atoms with Crippen molar-refractivity contribution in [3.63, 3.8) is 0 Å². The summed E-state index contributed by atoms with van der Waals surface area (Å²) in [6.45, 7) is 8.02. The molecular formula is C14H24N2O3S. The highest BCUT2D eigenvalue weighted by atomic mass is 32.2. The molecule has 0 saturated carbocycles. The van der Waals surface area contributed by atoms with E-state index in [4.69, 9.17) is 10.5 Å². The molecule has 0 radical (unpaired) electrons. The maximum atomic E-state index is 12.6. The number of aryl methyl sites for hydroxylation is 1. The van der Waals surface area contributed by atoms with Crippen molar-refractivity contribution in [1.29, 1.82) is 0 Å². The fourth-order valence-electron chi connectivity index (χ4n) is 1.93. The predicted molar refractivity (Wildman–Crippen MR) is 81.2 cm³/mol. The minimum atomic E-state index is -3.55. The molecule has 2 N–H and O–H groups in total. The van der Waals surface area contributed by atoms with Crippen LogP contribution in [0.15, 0.2) is 17.0 Å². The first-order chi connectivity index (χ1) is 9.17. The van der Waals surface area contributed by atoms with Gasteiger partial charge in [0.15, 0.2) is 0 Å². The summed E-state index contributed by atoms with van der Waals surface area (Å²) in [7, 11) is -1.99. The van der Waals surface area contributed by atoms with Crippen LogP contribution in [0.1, 0.15) is 25.0 Å². The molecule has 5 nitrogen and oxygen atoms in total. The van der Waals surface area contributed by atoms with Crippen LogP contribution in [0.5, 0.6) is 0 Å². The Balaban J connectivity index is 3.02. The van der Waals surface area contributed by atoms with Gasteiger partial charge in [0.1, 0.15) is 0 Å². The molecule has 1 rings (SSSR count). The van der Waals surface area contributed by atoms with Gasteiger partial charge in [-0.15, -0.1) is 0 Å². The average molecular weight is 300 g/mol. The monoisotopic (exact) mass is 300 g/mol. The molecule has 114 valence electrons. The van der Waals surface area contributed by atoms with Gasteiger partial charge >= 0.3 is 0 Å². The van der Waals surface area contributed by atoms with Crippen molar-refractivity contribution >= 4 is 15.7 Å². The molecule has 0 aliphatic carbocycles. The molecule has 1 aromatic carbocycles. The second kappa shape index (κ2) is 6.56. The van der Waals surface area contributed by atoms with Gasteiger partial charge in [0.25, 0.3) is 0 Å². The molecule has 0 bridgehead atoms. The van der Waals surface area contributed by atoms with Gasteiger partial charge < -0.3 is 10.5 Å². The molecule has 0 saturated heterocycles. The first kappa shape index (κ1) is 16.9. The largest absolute Gasteiger partial charge is 0.398 e. The van der Waals surface area contributed by atoms with Gasteiger partial charge in [-0.05, 0) is 44.9 Å². The van der Waals surface area contributed by atoms with Crippen LogP contribution < -0.4 is 5.73 Å². The number of nitrogens with zero attached hydrogens (tertiary/aromatic N) is 1. The van der Waals surface area contributed by atoms with Crippen molar-refractivity contribution in [1.82, 2.24) is 4.31 Å². The summed E-state index contributed by atoms with van der Waals surface area (Å²) in [6, 6.07) is 3.46. The van der Waals surface area contributed by atoms with E-state index in [0.29, 0.717) is 34.9 Å². The number of nitrogens with two attached hydrogens (primary N) is 1. The fourth-order valence-corrected chi connectivity index (χ4v) is 3.54. The van der Waals surface area contributed by atoms with E-state index in [2.05, 4.69) is 0 Å². The van der Waals surface area contributed by atoms with Gasteiger partial charge in [0.2, 0.25) is 10.0 Å². The second-order valence-electron chi connectivity index (χ2n) is 5.17. The van der Waals surface area contributed by atoms with Gasteiger partial charge in [-0.2, -0.15) is 4.31 Å². The topological polar surface area (TPSA) is 72.6 Å². The highest BCUT2D eigenvalue weighted by Gasteiger charge is 2.25. The zero-order chi connectivity index (χ0) is 15.5. The highest BCUT2D eigenvalue weighted by molar-refractivity contribution is 7.89. The first-order valence-corrected chi connectivity index (χ1v) is 8.05. The minimum absolute atomic E-state index is 0.0851. The van der Waals surface area contributed by atoms with Crippen LogP contribution in [-0.4, -0.2) is 39.0 Å². The van der Waals surface area contributed by atoms with Crippen LogP contribution in [0.2, 0.25) is 0 Å². The maximum Gasteiger partial charge on any atom is 0.243 e.